The fraction of sp³-hybridized carbons (Fsp3) is 0.485. The summed E-state index contributed by atoms with van der Waals surface area (Å²) in [6.45, 7) is 7.58. The van der Waals surface area contributed by atoms with E-state index in [1.165, 1.54) is 14.2 Å². The second-order valence-corrected chi connectivity index (χ2v) is 13.2. The lowest BCUT2D eigenvalue weighted by Crippen LogP contribution is -2.38. The minimum Gasteiger partial charge on any atom is -0.493 e. The summed E-state index contributed by atoms with van der Waals surface area (Å²) in [5, 5.41) is 7.58. The van der Waals surface area contributed by atoms with Gasteiger partial charge in [0.1, 0.15) is 11.4 Å². The molecule has 10 nitrogen and oxygen atoms in total. The summed E-state index contributed by atoms with van der Waals surface area (Å²) in [7, 11) is 2.97. The van der Waals surface area contributed by atoms with Gasteiger partial charge in [0, 0.05) is 61.6 Å². The average molecular weight is 642 g/mol. The van der Waals surface area contributed by atoms with Crippen LogP contribution in [0.25, 0.3) is 11.3 Å². The number of carbonyl (C=O) groups is 2. The Labute approximate surface area is 265 Å². The first-order chi connectivity index (χ1) is 21.7. The number of ether oxygens (including phenoxy) is 3. The lowest BCUT2D eigenvalue weighted by Gasteiger charge is -2.33. The number of benzene rings is 2. The molecule has 2 aromatic carbocycles. The minimum absolute atomic E-state index is 0.156. The van der Waals surface area contributed by atoms with Crippen molar-refractivity contribution in [1.82, 2.24) is 19.6 Å². The van der Waals surface area contributed by atoms with E-state index in [0.717, 1.165) is 4.68 Å². The molecule has 0 saturated carbocycles. The summed E-state index contributed by atoms with van der Waals surface area (Å²) < 4.78 is 60.2. The fourth-order valence-electron chi connectivity index (χ4n) is 6.63. The van der Waals surface area contributed by atoms with Crippen molar-refractivity contribution in [2.75, 3.05) is 45.7 Å². The van der Waals surface area contributed by atoms with Crippen molar-refractivity contribution in [1.29, 1.82) is 0 Å². The van der Waals surface area contributed by atoms with Gasteiger partial charge in [-0.25, -0.2) is 9.48 Å². The molecule has 2 saturated heterocycles. The molecule has 2 amide bonds. The van der Waals surface area contributed by atoms with E-state index < -0.39 is 23.9 Å². The van der Waals surface area contributed by atoms with Crippen LogP contribution < -0.4 is 14.8 Å². The highest BCUT2D eigenvalue weighted by Gasteiger charge is 2.47. The first-order valence-electron chi connectivity index (χ1n) is 15.3. The van der Waals surface area contributed by atoms with Gasteiger partial charge < -0.3 is 29.3 Å². The first kappa shape index (κ1) is 31.6. The lowest BCUT2D eigenvalue weighted by atomic mass is 9.96. The highest BCUT2D eigenvalue weighted by molar-refractivity contribution is 5.95. The smallest absolute Gasteiger partial charge is 0.410 e. The number of methoxy groups -OCH3 is 2. The zero-order valence-corrected chi connectivity index (χ0v) is 26.4. The molecule has 6 rings (SSSR count). The van der Waals surface area contributed by atoms with Crippen molar-refractivity contribution in [3.8, 4) is 22.8 Å². The molecule has 3 aliphatic rings. The number of nitrogens with zero attached hydrogens (tertiary/aromatic N) is 4. The minimum atomic E-state index is -4.54. The molecule has 2 fully saturated rings. The SMILES string of the molecule is COc1ccc([C@@H]2C[C@H](C(F)(F)F)n3nc(-c4cccc(C(=O)N5CC6CN(C(=O)OC(C)(C)C)CC6C5)c4)cc3N2)cc1OC. The number of amides is 2. The van der Waals surface area contributed by atoms with Gasteiger partial charge in [0.25, 0.3) is 5.91 Å². The van der Waals surface area contributed by atoms with Crippen LogP contribution in [0.2, 0.25) is 0 Å². The van der Waals surface area contributed by atoms with Crippen molar-refractivity contribution < 1.29 is 37.0 Å². The largest absolute Gasteiger partial charge is 0.493 e. The molecule has 2 unspecified atom stereocenters. The second-order valence-electron chi connectivity index (χ2n) is 13.2. The Bertz CT molecular complexity index is 1620. The summed E-state index contributed by atoms with van der Waals surface area (Å²) in [5.74, 6) is 1.28. The number of rotatable bonds is 5. The van der Waals surface area contributed by atoms with Crippen LogP contribution in [0.1, 0.15) is 55.2 Å². The summed E-state index contributed by atoms with van der Waals surface area (Å²) in [6.07, 6.45) is -5.15. The zero-order chi connectivity index (χ0) is 33.0. The molecule has 1 N–H and O–H groups in total. The number of nitrogens with one attached hydrogen (secondary N) is 1. The van der Waals surface area contributed by atoms with Gasteiger partial charge in [-0.3, -0.25) is 4.79 Å². The number of hydrogen-bond donors (Lipinski definition) is 1. The van der Waals surface area contributed by atoms with E-state index in [-0.39, 0.29) is 36.1 Å². The maximum absolute atomic E-state index is 14.4. The number of likely N-dealkylation sites (tertiary alicyclic amines) is 2. The van der Waals surface area contributed by atoms with Crippen molar-refractivity contribution in [2.45, 2.75) is 51.1 Å². The van der Waals surface area contributed by atoms with E-state index in [4.69, 9.17) is 14.2 Å². The third-order valence-corrected chi connectivity index (χ3v) is 8.83. The highest BCUT2D eigenvalue weighted by atomic mass is 19.4. The summed E-state index contributed by atoms with van der Waals surface area (Å²) in [4.78, 5) is 29.6. The molecule has 1 aromatic heterocycles. The Morgan fingerprint density at radius 3 is 2.20 bits per heavy atom. The molecular formula is C33H38F3N5O5. The second kappa shape index (κ2) is 11.7. The number of fused-ring (bicyclic) bond motifs is 2. The number of anilines is 1. The van der Waals surface area contributed by atoms with Gasteiger partial charge in [-0.2, -0.15) is 18.3 Å². The maximum atomic E-state index is 14.4. The average Bonchev–Trinajstić information content (AvgIpc) is 3.72. The van der Waals surface area contributed by atoms with Crippen LogP contribution in [0.4, 0.5) is 23.8 Å². The van der Waals surface area contributed by atoms with Gasteiger partial charge in [-0.1, -0.05) is 18.2 Å². The number of aromatic nitrogens is 2. The van der Waals surface area contributed by atoms with Crippen LogP contribution in [-0.4, -0.2) is 83.8 Å². The Morgan fingerprint density at radius 2 is 1.57 bits per heavy atom. The first-order valence-corrected chi connectivity index (χ1v) is 15.3. The maximum Gasteiger partial charge on any atom is 0.410 e. The van der Waals surface area contributed by atoms with Crippen molar-refractivity contribution in [3.05, 3.63) is 59.7 Å². The van der Waals surface area contributed by atoms with Crippen LogP contribution >= 0.6 is 0 Å². The van der Waals surface area contributed by atoms with E-state index in [0.29, 0.717) is 60.1 Å². The van der Waals surface area contributed by atoms with Gasteiger partial charge in [-0.15, -0.1) is 0 Å². The van der Waals surface area contributed by atoms with Crippen molar-refractivity contribution in [3.63, 3.8) is 0 Å². The zero-order valence-electron chi connectivity index (χ0n) is 26.4. The normalized spacial score (nSPS) is 22.6. The molecule has 0 aliphatic carbocycles. The van der Waals surface area contributed by atoms with E-state index in [1.807, 2.05) is 20.8 Å². The van der Waals surface area contributed by atoms with Crippen molar-refractivity contribution in [2.24, 2.45) is 11.8 Å². The Balaban J connectivity index is 1.19. The molecule has 3 aromatic rings. The predicted molar refractivity (Wildman–Crippen MR) is 164 cm³/mol. The van der Waals surface area contributed by atoms with Crippen LogP contribution in [0.5, 0.6) is 11.5 Å². The van der Waals surface area contributed by atoms with Gasteiger partial charge in [0.15, 0.2) is 17.5 Å². The topological polar surface area (TPSA) is 98.2 Å². The van der Waals surface area contributed by atoms with Gasteiger partial charge in [0.2, 0.25) is 0 Å². The number of hydrogen-bond acceptors (Lipinski definition) is 7. The summed E-state index contributed by atoms with van der Waals surface area (Å²) >= 11 is 0. The molecule has 246 valence electrons. The Kier molecular flexibility index (Phi) is 8.06. The Morgan fingerprint density at radius 1 is 0.891 bits per heavy atom. The van der Waals surface area contributed by atoms with E-state index >= 15 is 0 Å². The van der Waals surface area contributed by atoms with Crippen LogP contribution in [-0.2, 0) is 4.74 Å². The van der Waals surface area contributed by atoms with E-state index in [9.17, 15) is 22.8 Å². The molecular weight excluding hydrogens is 603 g/mol. The van der Waals surface area contributed by atoms with Crippen LogP contribution in [0, 0.1) is 11.8 Å². The summed E-state index contributed by atoms with van der Waals surface area (Å²) in [6, 6.07) is 11.0. The molecule has 4 atom stereocenters. The Hall–Kier alpha value is -4.42. The number of alkyl halides is 3. The molecule has 0 radical (unpaired) electrons. The molecule has 0 spiro atoms. The monoisotopic (exact) mass is 641 g/mol. The molecule has 0 bridgehead atoms. The molecule has 4 heterocycles. The fourth-order valence-corrected chi connectivity index (χ4v) is 6.63. The standard InChI is InChI=1S/C33H38F3N5O5/c1-32(2,3)46-31(43)40-17-22-15-39(16-23(22)18-40)30(42)21-8-6-7-19(11-21)25-14-29-37-24(13-28(33(34,35)36)41(29)38-25)20-9-10-26(44-4)27(12-20)45-5/h6-12,14,22-24,28,37H,13,15-18H2,1-5H3/t22?,23?,24-,28+/m0/s1. The van der Waals surface area contributed by atoms with Gasteiger partial charge in [0.05, 0.1) is 26.0 Å². The lowest BCUT2D eigenvalue weighted by molar-refractivity contribution is -0.173. The van der Waals surface area contributed by atoms with Gasteiger partial charge in [-0.05, 0) is 50.6 Å². The number of carbonyl (C=O) groups excluding carboxylic acids is 2. The third kappa shape index (κ3) is 6.19. The molecule has 46 heavy (non-hydrogen) atoms. The van der Waals surface area contributed by atoms with Crippen LogP contribution in [0.3, 0.4) is 0 Å². The van der Waals surface area contributed by atoms with E-state index in [2.05, 4.69) is 10.4 Å². The third-order valence-electron chi connectivity index (χ3n) is 8.83. The summed E-state index contributed by atoms with van der Waals surface area (Å²) in [5.41, 5.74) is 1.33. The quantitative estimate of drug-likeness (QED) is 0.356. The molecule has 3 aliphatic heterocycles. The predicted octanol–water partition coefficient (Wildman–Crippen LogP) is 6.17. The van der Waals surface area contributed by atoms with E-state index in [1.54, 1.807) is 58.3 Å². The van der Waals surface area contributed by atoms with Crippen molar-refractivity contribution >= 4 is 17.8 Å². The highest BCUT2D eigenvalue weighted by Crippen LogP contribution is 2.45. The van der Waals surface area contributed by atoms with Crippen LogP contribution in [0.15, 0.2) is 48.5 Å². The number of halogens is 3. The van der Waals surface area contributed by atoms with Gasteiger partial charge >= 0.3 is 12.3 Å². The molecule has 13 heteroatoms.